The molecule has 0 amide bonds. The van der Waals surface area contributed by atoms with E-state index in [0.717, 1.165) is 42.4 Å². The minimum absolute atomic E-state index is 0.0955. The van der Waals surface area contributed by atoms with Crippen LogP contribution in [0.5, 0.6) is 0 Å². The van der Waals surface area contributed by atoms with Crippen LogP contribution in [0.3, 0.4) is 0 Å². The summed E-state index contributed by atoms with van der Waals surface area (Å²) in [6.07, 6.45) is 18.6. The van der Waals surface area contributed by atoms with Gasteiger partial charge in [0.1, 0.15) is 0 Å². The molecule has 3 fully saturated rings. The molecular weight excluding hydrogens is 464 g/mol. The molecule has 0 bridgehead atoms. The van der Waals surface area contributed by atoms with E-state index in [1.807, 2.05) is 24.0 Å². The van der Waals surface area contributed by atoms with Crippen LogP contribution in [0.1, 0.15) is 112 Å². The predicted octanol–water partition coefficient (Wildman–Crippen LogP) is 9.19. The number of hydrogen-bond acceptors (Lipinski definition) is 2. The molecular formula is C28H49BrOS. The summed E-state index contributed by atoms with van der Waals surface area (Å²) in [5.74, 6) is 5.73. The summed E-state index contributed by atoms with van der Waals surface area (Å²) in [5, 5.41) is 10.3. The number of unbranched alkanes of at least 4 members (excludes halogenated alkanes) is 1. The van der Waals surface area contributed by atoms with E-state index in [9.17, 15) is 5.11 Å². The highest BCUT2D eigenvalue weighted by Crippen LogP contribution is 2.67. The summed E-state index contributed by atoms with van der Waals surface area (Å²) < 4.78 is 0. The second-order valence-electron chi connectivity index (χ2n) is 11.6. The second-order valence-corrected chi connectivity index (χ2v) is 13.5. The van der Waals surface area contributed by atoms with Gasteiger partial charge in [-0.2, -0.15) is 0 Å². The Morgan fingerprint density at radius 1 is 1.10 bits per heavy atom. The van der Waals surface area contributed by atoms with Crippen molar-refractivity contribution in [2.45, 2.75) is 118 Å². The zero-order valence-corrected chi connectivity index (χ0v) is 23.4. The lowest BCUT2D eigenvalue weighted by Gasteiger charge is -2.59. The summed E-state index contributed by atoms with van der Waals surface area (Å²) >= 11 is 3.72. The molecule has 0 spiro atoms. The highest BCUT2D eigenvalue weighted by molar-refractivity contribution is 9.50. The molecule has 4 aliphatic carbocycles. The molecule has 1 N–H and O–H groups in total. The molecule has 0 aromatic heterocycles. The van der Waals surface area contributed by atoms with Crippen LogP contribution >= 0.6 is 25.0 Å². The number of allylic oxidation sites excluding steroid dienone is 1. The molecule has 0 aromatic carbocycles. The van der Waals surface area contributed by atoms with Crippen LogP contribution in [-0.2, 0) is 0 Å². The summed E-state index contributed by atoms with van der Waals surface area (Å²) in [7, 11) is 1.87. The van der Waals surface area contributed by atoms with Crippen LogP contribution in [0.4, 0.5) is 0 Å². The molecule has 0 heterocycles. The minimum Gasteiger partial charge on any atom is -0.393 e. The van der Waals surface area contributed by atoms with Gasteiger partial charge in [0.05, 0.1) is 6.10 Å². The van der Waals surface area contributed by atoms with Gasteiger partial charge in [0, 0.05) is 11.2 Å². The van der Waals surface area contributed by atoms with Gasteiger partial charge in [0.15, 0.2) is 0 Å². The fourth-order valence-electron chi connectivity index (χ4n) is 8.33. The van der Waals surface area contributed by atoms with Crippen molar-refractivity contribution in [3.8, 4) is 0 Å². The number of hydrogen-bond donors (Lipinski definition) is 1. The van der Waals surface area contributed by atoms with Crippen molar-refractivity contribution >= 4 is 25.0 Å². The van der Waals surface area contributed by atoms with Crippen LogP contribution in [0, 0.1) is 40.4 Å². The van der Waals surface area contributed by atoms with Gasteiger partial charge in [-0.1, -0.05) is 75.7 Å². The van der Waals surface area contributed by atoms with Crippen LogP contribution in [0.15, 0.2) is 11.6 Å². The Morgan fingerprint density at radius 3 is 2.58 bits per heavy atom. The number of halogens is 1. The third-order valence-corrected chi connectivity index (χ3v) is 11.2. The molecule has 3 heteroatoms. The van der Waals surface area contributed by atoms with Gasteiger partial charge in [-0.25, -0.2) is 0 Å². The van der Waals surface area contributed by atoms with Gasteiger partial charge >= 0.3 is 0 Å². The van der Waals surface area contributed by atoms with E-state index in [4.69, 9.17) is 0 Å². The lowest BCUT2D eigenvalue weighted by molar-refractivity contribution is -0.0490. The first-order valence-electron chi connectivity index (χ1n) is 13.5. The van der Waals surface area contributed by atoms with Crippen LogP contribution in [0.2, 0.25) is 0 Å². The highest BCUT2D eigenvalue weighted by Gasteiger charge is 2.59. The van der Waals surface area contributed by atoms with E-state index in [2.05, 4.69) is 41.7 Å². The van der Waals surface area contributed by atoms with E-state index in [-0.39, 0.29) is 6.10 Å². The molecule has 4 aliphatic rings. The van der Waals surface area contributed by atoms with E-state index in [1.54, 1.807) is 5.57 Å². The maximum Gasteiger partial charge on any atom is 0.0577 e. The number of aliphatic hydroxyl groups excluding tert-OH is 1. The normalized spacial score (nSPS) is 41.5. The molecule has 0 aromatic rings. The zero-order chi connectivity index (χ0) is 22.6. The Hall–Kier alpha value is 0.530. The molecule has 0 aliphatic heterocycles. The molecule has 1 nitrogen and oxygen atoms in total. The van der Waals surface area contributed by atoms with Gasteiger partial charge in [-0.3, -0.25) is 0 Å². The van der Waals surface area contributed by atoms with Gasteiger partial charge in [0.25, 0.3) is 0 Å². The van der Waals surface area contributed by atoms with Crippen molar-refractivity contribution in [3.05, 3.63) is 11.6 Å². The fraction of sp³-hybridized carbons (Fsp3) is 0.929. The van der Waals surface area contributed by atoms with Crippen LogP contribution < -0.4 is 0 Å². The predicted molar refractivity (Wildman–Crippen MR) is 142 cm³/mol. The maximum absolute atomic E-state index is 10.3. The van der Waals surface area contributed by atoms with E-state index >= 15 is 0 Å². The molecule has 7 atom stereocenters. The first-order chi connectivity index (χ1) is 14.9. The molecule has 0 saturated heterocycles. The van der Waals surface area contributed by atoms with Crippen LogP contribution in [-0.4, -0.2) is 17.0 Å². The van der Waals surface area contributed by atoms with E-state index in [1.165, 1.54) is 70.0 Å². The Kier molecular flexibility index (Phi) is 9.53. The third-order valence-electron chi connectivity index (χ3n) is 9.89. The largest absolute Gasteiger partial charge is 0.393 e. The second kappa shape index (κ2) is 11.3. The van der Waals surface area contributed by atoms with Crippen LogP contribution in [0.25, 0.3) is 0 Å². The molecule has 180 valence electrons. The number of aliphatic hydroxyl groups is 1. The first kappa shape index (κ1) is 26.1. The Labute approximate surface area is 205 Å². The summed E-state index contributed by atoms with van der Waals surface area (Å²) in [6, 6.07) is 0. The summed E-state index contributed by atoms with van der Waals surface area (Å²) in [4.78, 5) is 0. The first-order valence-corrected chi connectivity index (χ1v) is 16.3. The lowest BCUT2D eigenvalue weighted by atomic mass is 9.47. The number of fused-ring (bicyclic) bond motifs is 5. The van der Waals surface area contributed by atoms with E-state index < -0.39 is 0 Å². The van der Waals surface area contributed by atoms with Gasteiger partial charge in [-0.15, -0.1) is 0 Å². The van der Waals surface area contributed by atoms with Gasteiger partial charge in [0.2, 0.25) is 0 Å². The Morgan fingerprint density at radius 2 is 1.87 bits per heavy atom. The van der Waals surface area contributed by atoms with Crippen molar-refractivity contribution < 1.29 is 5.11 Å². The standard InChI is InChI=1S/C26H43BrOS.C2H6/c1-18(2)6-4-5-7-19-9-11-23-22-10-8-20-16-21(28)12-15-26(20,17-29-27)24(22)13-14-25(19,23)3;1-2/h8,18-19,21-24,28H,4-7,9-17H2,1-3H3;1-2H3. The monoisotopic (exact) mass is 512 g/mol. The molecule has 0 radical (unpaired) electrons. The average molecular weight is 514 g/mol. The Bertz CT molecular complexity index is 604. The SMILES string of the molecule is CC.CC(C)CCCCC1CCC2C3CC=C4CC(O)CCC4(CSBr)C3CCC12C. The third kappa shape index (κ3) is 5.14. The fourth-order valence-corrected chi connectivity index (χ4v) is 10.3. The van der Waals surface area contributed by atoms with Gasteiger partial charge < -0.3 is 5.11 Å². The van der Waals surface area contributed by atoms with Crippen molar-refractivity contribution in [1.29, 1.82) is 0 Å². The smallest absolute Gasteiger partial charge is 0.0577 e. The van der Waals surface area contributed by atoms with Crippen molar-refractivity contribution in [2.24, 2.45) is 40.4 Å². The highest BCUT2D eigenvalue weighted by atomic mass is 79.9. The molecule has 31 heavy (non-hydrogen) atoms. The molecule has 4 rings (SSSR count). The van der Waals surface area contributed by atoms with Gasteiger partial charge in [-0.05, 0) is 108 Å². The quantitative estimate of drug-likeness (QED) is 0.270. The minimum atomic E-state index is -0.0955. The maximum atomic E-state index is 10.3. The Balaban J connectivity index is 0.00000132. The van der Waals surface area contributed by atoms with Crippen molar-refractivity contribution in [1.82, 2.24) is 0 Å². The summed E-state index contributed by atoms with van der Waals surface area (Å²) in [6.45, 7) is 11.4. The molecule has 7 unspecified atom stereocenters. The summed E-state index contributed by atoms with van der Waals surface area (Å²) in [5.41, 5.74) is 2.59. The number of rotatable bonds is 7. The molecule has 3 saturated carbocycles. The lowest BCUT2D eigenvalue weighted by Crippen LogP contribution is -2.52. The zero-order valence-electron chi connectivity index (χ0n) is 21.0. The van der Waals surface area contributed by atoms with Crippen molar-refractivity contribution in [3.63, 3.8) is 0 Å². The van der Waals surface area contributed by atoms with Crippen molar-refractivity contribution in [2.75, 3.05) is 5.75 Å². The average Bonchev–Trinajstić information content (AvgIpc) is 3.09. The topological polar surface area (TPSA) is 20.2 Å². The van der Waals surface area contributed by atoms with E-state index in [0.29, 0.717) is 10.8 Å².